The number of aryl methyl sites for hydroxylation is 1. The van der Waals surface area contributed by atoms with E-state index >= 15 is 0 Å². The molecule has 1 aromatic carbocycles. The quantitative estimate of drug-likeness (QED) is 0.400. The van der Waals surface area contributed by atoms with Crippen LogP contribution < -0.4 is 19.7 Å². The number of aromatic nitrogens is 3. The van der Waals surface area contributed by atoms with Crippen molar-refractivity contribution in [2.75, 3.05) is 38.0 Å². The summed E-state index contributed by atoms with van der Waals surface area (Å²) in [5, 5.41) is 1.99. The number of nitrogens with zero attached hydrogens (tertiary/aromatic N) is 4. The van der Waals surface area contributed by atoms with E-state index in [0.717, 1.165) is 7.11 Å². The fourth-order valence-corrected chi connectivity index (χ4v) is 3.72. The van der Waals surface area contributed by atoms with Gasteiger partial charge in [0.1, 0.15) is 4.90 Å². The van der Waals surface area contributed by atoms with Crippen molar-refractivity contribution in [3.63, 3.8) is 0 Å². The molecule has 0 saturated heterocycles. The maximum absolute atomic E-state index is 12.8. The normalized spacial score (nSPS) is 11.1. The Balaban J connectivity index is 0.00000578. The number of rotatable bonds is 7. The number of urea groups is 1. The number of benzene rings is 1. The minimum atomic E-state index is -4.67. The number of ether oxygens (including phenoxy) is 2. The zero-order valence-electron chi connectivity index (χ0n) is 17.7. The van der Waals surface area contributed by atoms with Crippen molar-refractivity contribution in [3.05, 3.63) is 29.3 Å². The van der Waals surface area contributed by atoms with Crippen molar-refractivity contribution in [2.45, 2.75) is 18.0 Å². The average Bonchev–Trinajstić information content (AvgIpc) is 2.70. The number of alkyl halides is 3. The van der Waals surface area contributed by atoms with Gasteiger partial charge >= 0.3 is 53.7 Å². The van der Waals surface area contributed by atoms with Crippen LogP contribution in [-0.4, -0.2) is 98.9 Å². The molecule has 2 amide bonds. The third kappa shape index (κ3) is 7.96. The molecular formula is C17H20F3N6NaO6S. The first-order valence-electron chi connectivity index (χ1n) is 8.88. The summed E-state index contributed by atoms with van der Waals surface area (Å²) in [6, 6.07) is 1.92. The van der Waals surface area contributed by atoms with Gasteiger partial charge < -0.3 is 14.4 Å². The summed E-state index contributed by atoms with van der Waals surface area (Å²) < 4.78 is 73.5. The number of hydrogen-bond donors (Lipinski definition) is 2. The summed E-state index contributed by atoms with van der Waals surface area (Å²) in [5.41, 5.74) is -0.160. The fraction of sp³-hybridized carbons (Fsp3) is 0.353. The Morgan fingerprint density at radius 3 is 2.35 bits per heavy atom. The van der Waals surface area contributed by atoms with E-state index < -0.39 is 51.7 Å². The monoisotopic (exact) mass is 516 g/mol. The van der Waals surface area contributed by atoms with Crippen molar-refractivity contribution in [1.82, 2.24) is 19.7 Å². The predicted octanol–water partition coefficient (Wildman–Crippen LogP) is 0.836. The van der Waals surface area contributed by atoms with E-state index in [4.69, 9.17) is 0 Å². The predicted molar refractivity (Wildman–Crippen MR) is 115 cm³/mol. The molecule has 182 valence electrons. The van der Waals surface area contributed by atoms with E-state index in [2.05, 4.69) is 24.4 Å². The first kappa shape index (κ1) is 29.3. The second kappa shape index (κ2) is 11.6. The number of nitrogens with one attached hydrogen (secondary N) is 2. The average molecular weight is 516 g/mol. The second-order valence-electron chi connectivity index (χ2n) is 6.54. The van der Waals surface area contributed by atoms with Crippen molar-refractivity contribution in [1.29, 1.82) is 0 Å². The first-order chi connectivity index (χ1) is 15.2. The number of esters is 1. The summed E-state index contributed by atoms with van der Waals surface area (Å²) >= 11 is 0. The molecule has 0 atom stereocenters. The molecule has 0 fully saturated rings. The van der Waals surface area contributed by atoms with Gasteiger partial charge in [0, 0.05) is 14.1 Å². The van der Waals surface area contributed by atoms with Crippen molar-refractivity contribution >= 4 is 63.5 Å². The molecule has 0 radical (unpaired) electrons. The molecule has 17 heteroatoms. The third-order valence-corrected chi connectivity index (χ3v) is 5.24. The Kier molecular flexibility index (Phi) is 10.0. The van der Waals surface area contributed by atoms with Crippen LogP contribution in [0.25, 0.3) is 0 Å². The van der Waals surface area contributed by atoms with E-state index in [9.17, 15) is 31.2 Å². The van der Waals surface area contributed by atoms with Crippen LogP contribution in [0.15, 0.2) is 23.1 Å². The van der Waals surface area contributed by atoms with E-state index in [1.165, 1.54) is 44.1 Å². The molecule has 0 aliphatic rings. The van der Waals surface area contributed by atoms with Gasteiger partial charge in [0.15, 0.2) is 6.61 Å². The molecule has 0 unspecified atom stereocenters. The Labute approximate surface area is 214 Å². The topological polar surface area (TPSA) is 153 Å². The van der Waals surface area contributed by atoms with Gasteiger partial charge in [-0.25, -0.2) is 22.7 Å². The van der Waals surface area contributed by atoms with E-state index in [1.54, 1.807) is 4.72 Å². The van der Waals surface area contributed by atoms with Crippen LogP contribution in [-0.2, 0) is 14.8 Å². The van der Waals surface area contributed by atoms with Gasteiger partial charge in [0.25, 0.3) is 10.0 Å². The van der Waals surface area contributed by atoms with Gasteiger partial charge in [-0.1, -0.05) is 12.1 Å². The summed E-state index contributed by atoms with van der Waals surface area (Å²) in [6.45, 7) is -0.300. The standard InChI is InChI=1S/C17H19F3N6O6S.Na.H/c1-9-6-5-7-10(12(27)31-4)11(9)33(29,30)25-15(28)22-13-21-14(26(2)3)24-16(23-13)32-8-17(18,19)20;;/h5-7H,8H2,1-4H3,(H2,21,22,23,24,25,28);;. The van der Waals surface area contributed by atoms with Crippen molar-refractivity contribution in [3.8, 4) is 6.01 Å². The van der Waals surface area contributed by atoms with Gasteiger partial charge in [-0.3, -0.25) is 5.32 Å². The van der Waals surface area contributed by atoms with Gasteiger partial charge in [-0.15, -0.1) is 0 Å². The Hall–Kier alpha value is -2.69. The molecule has 1 heterocycles. The number of sulfonamides is 1. The number of carbonyl (C=O) groups excluding carboxylic acids is 2. The SMILES string of the molecule is COC(=O)c1cccc(C)c1S(=O)(=O)NC(=O)Nc1nc(OCC(F)(F)F)nc(N(C)C)n1.[NaH]. The first-order valence-corrected chi connectivity index (χ1v) is 10.4. The molecule has 12 nitrogen and oxygen atoms in total. The zero-order chi connectivity index (χ0) is 25.0. The number of anilines is 2. The molecule has 1 aromatic heterocycles. The number of methoxy groups -OCH3 is 1. The molecule has 0 bridgehead atoms. The molecule has 0 spiro atoms. The second-order valence-corrected chi connectivity index (χ2v) is 8.16. The number of carbonyl (C=O) groups is 2. The summed E-state index contributed by atoms with van der Waals surface area (Å²) in [4.78, 5) is 36.0. The molecule has 2 N–H and O–H groups in total. The van der Waals surface area contributed by atoms with Gasteiger partial charge in [0.05, 0.1) is 12.7 Å². The number of halogens is 3. The fourth-order valence-electron chi connectivity index (χ4n) is 2.39. The van der Waals surface area contributed by atoms with Crippen LogP contribution in [0.3, 0.4) is 0 Å². The zero-order valence-corrected chi connectivity index (χ0v) is 18.5. The van der Waals surface area contributed by atoms with Crippen LogP contribution >= 0.6 is 0 Å². The summed E-state index contributed by atoms with van der Waals surface area (Å²) in [5.74, 6) is -1.71. The van der Waals surface area contributed by atoms with E-state index in [1.807, 2.05) is 5.32 Å². The van der Waals surface area contributed by atoms with Crippen LogP contribution in [0.5, 0.6) is 6.01 Å². The Morgan fingerprint density at radius 1 is 1.15 bits per heavy atom. The van der Waals surface area contributed by atoms with Gasteiger partial charge in [-0.05, 0) is 18.6 Å². The molecule has 0 aliphatic heterocycles. The third-order valence-electron chi connectivity index (χ3n) is 3.71. The number of amides is 2. The van der Waals surface area contributed by atoms with Crippen molar-refractivity contribution in [2.24, 2.45) is 0 Å². The van der Waals surface area contributed by atoms with Crippen LogP contribution in [0.4, 0.5) is 29.9 Å². The Morgan fingerprint density at radius 2 is 1.79 bits per heavy atom. The van der Waals surface area contributed by atoms with Crippen LogP contribution in [0, 0.1) is 6.92 Å². The molecular weight excluding hydrogens is 496 g/mol. The summed E-state index contributed by atoms with van der Waals surface area (Å²) in [6.07, 6.45) is -4.67. The van der Waals surface area contributed by atoms with E-state index in [0.29, 0.717) is 0 Å². The molecule has 2 rings (SSSR count). The van der Waals surface area contributed by atoms with Crippen LogP contribution in [0.2, 0.25) is 0 Å². The van der Waals surface area contributed by atoms with Crippen molar-refractivity contribution < 1.29 is 40.7 Å². The Bertz CT molecular complexity index is 1160. The maximum atomic E-state index is 12.8. The van der Waals surface area contributed by atoms with Crippen LogP contribution in [0.1, 0.15) is 15.9 Å². The molecule has 2 aromatic rings. The molecule has 0 saturated carbocycles. The van der Waals surface area contributed by atoms with E-state index in [-0.39, 0.29) is 46.6 Å². The van der Waals surface area contributed by atoms with Gasteiger partial charge in [-0.2, -0.15) is 28.1 Å². The molecule has 34 heavy (non-hydrogen) atoms. The summed E-state index contributed by atoms with van der Waals surface area (Å²) in [7, 11) is -0.604. The van der Waals surface area contributed by atoms with Gasteiger partial charge in [0.2, 0.25) is 11.9 Å². The minimum absolute atomic E-state index is 0. The molecule has 0 aliphatic carbocycles. The number of hydrogen-bond acceptors (Lipinski definition) is 10.